The summed E-state index contributed by atoms with van der Waals surface area (Å²) in [5.74, 6) is 0.836. The Balaban J connectivity index is 2.04. The molecule has 1 heterocycles. The van der Waals surface area contributed by atoms with Crippen molar-refractivity contribution in [3.05, 3.63) is 29.8 Å². The summed E-state index contributed by atoms with van der Waals surface area (Å²) in [6.07, 6.45) is 2.05. The van der Waals surface area contributed by atoms with E-state index in [1.807, 2.05) is 43.0 Å². The molecule has 0 bridgehead atoms. The van der Waals surface area contributed by atoms with Crippen molar-refractivity contribution in [2.45, 2.75) is 39.7 Å². The zero-order valence-corrected chi connectivity index (χ0v) is 13.3. The second-order valence-electron chi connectivity index (χ2n) is 6.50. The molecule has 0 radical (unpaired) electrons. The van der Waals surface area contributed by atoms with Crippen LogP contribution >= 0.6 is 0 Å². The maximum atomic E-state index is 12.6. The smallest absolute Gasteiger partial charge is 0.253 e. The highest BCUT2D eigenvalue weighted by atomic mass is 16.5. The van der Waals surface area contributed by atoms with Crippen molar-refractivity contribution in [3.8, 4) is 5.75 Å². The van der Waals surface area contributed by atoms with Crippen LogP contribution < -0.4 is 10.5 Å². The van der Waals surface area contributed by atoms with Crippen molar-refractivity contribution in [1.82, 2.24) is 4.90 Å². The molecule has 1 aromatic rings. The lowest BCUT2D eigenvalue weighted by molar-refractivity contribution is 0.0617. The number of hydrogen-bond donors (Lipinski definition) is 1. The first-order valence-corrected chi connectivity index (χ1v) is 7.69. The minimum Gasteiger partial charge on any atom is -0.491 e. The Hall–Kier alpha value is -1.55. The summed E-state index contributed by atoms with van der Waals surface area (Å²) in [6, 6.07) is 7.45. The van der Waals surface area contributed by atoms with Crippen molar-refractivity contribution in [1.29, 1.82) is 0 Å². The van der Waals surface area contributed by atoms with Crippen LogP contribution in [-0.2, 0) is 0 Å². The van der Waals surface area contributed by atoms with Gasteiger partial charge < -0.3 is 15.4 Å². The summed E-state index contributed by atoms with van der Waals surface area (Å²) in [4.78, 5) is 14.5. The van der Waals surface area contributed by atoms with Gasteiger partial charge in [-0.3, -0.25) is 4.79 Å². The number of likely N-dealkylation sites (tertiary alicyclic amines) is 1. The first-order chi connectivity index (χ1) is 9.93. The van der Waals surface area contributed by atoms with Crippen LogP contribution in [0.25, 0.3) is 0 Å². The number of rotatable bonds is 4. The molecule has 1 saturated heterocycles. The minimum absolute atomic E-state index is 0.0864. The van der Waals surface area contributed by atoms with Crippen LogP contribution in [0.4, 0.5) is 0 Å². The fourth-order valence-corrected chi connectivity index (χ4v) is 2.61. The van der Waals surface area contributed by atoms with Gasteiger partial charge in [0.25, 0.3) is 5.91 Å². The maximum Gasteiger partial charge on any atom is 0.253 e. The molecule has 21 heavy (non-hydrogen) atoms. The van der Waals surface area contributed by atoms with Gasteiger partial charge in [-0.05, 0) is 56.8 Å². The Morgan fingerprint density at radius 2 is 2.05 bits per heavy atom. The quantitative estimate of drug-likeness (QED) is 0.927. The zero-order chi connectivity index (χ0) is 15.5. The molecule has 1 aliphatic rings. The lowest BCUT2D eigenvalue weighted by Gasteiger charge is -2.38. The highest BCUT2D eigenvalue weighted by Gasteiger charge is 2.31. The van der Waals surface area contributed by atoms with Crippen LogP contribution in [0.1, 0.15) is 44.0 Å². The molecule has 1 aromatic carbocycles. The molecular weight excluding hydrogens is 264 g/mol. The average Bonchev–Trinajstić information content (AvgIpc) is 2.47. The summed E-state index contributed by atoms with van der Waals surface area (Å²) in [5.41, 5.74) is 6.69. The van der Waals surface area contributed by atoms with E-state index in [2.05, 4.69) is 6.92 Å². The van der Waals surface area contributed by atoms with E-state index in [1.54, 1.807) is 0 Å². The number of hydrogen-bond acceptors (Lipinski definition) is 3. The molecule has 1 amide bonds. The number of ether oxygens (including phenoxy) is 1. The Bertz CT molecular complexity index is 491. The van der Waals surface area contributed by atoms with Crippen LogP contribution in [0.2, 0.25) is 0 Å². The molecule has 0 spiro atoms. The summed E-state index contributed by atoms with van der Waals surface area (Å²) in [6.45, 7) is 8.40. The largest absolute Gasteiger partial charge is 0.491 e. The average molecular weight is 290 g/mol. The lowest BCUT2D eigenvalue weighted by atomic mass is 9.80. The normalized spacial score (nSPS) is 17.9. The molecule has 1 fully saturated rings. The summed E-state index contributed by atoms with van der Waals surface area (Å²) in [5, 5.41) is 0. The summed E-state index contributed by atoms with van der Waals surface area (Å²) in [7, 11) is 0. The molecule has 4 heteroatoms. The van der Waals surface area contributed by atoms with Gasteiger partial charge in [0.05, 0.1) is 6.10 Å². The second kappa shape index (κ2) is 6.48. The Morgan fingerprint density at radius 1 is 1.38 bits per heavy atom. The molecule has 0 atom stereocenters. The van der Waals surface area contributed by atoms with Crippen molar-refractivity contribution in [2.75, 3.05) is 19.6 Å². The van der Waals surface area contributed by atoms with Crippen LogP contribution in [-0.4, -0.2) is 36.5 Å². The first-order valence-electron chi connectivity index (χ1n) is 7.69. The van der Waals surface area contributed by atoms with E-state index in [1.165, 1.54) is 0 Å². The van der Waals surface area contributed by atoms with Gasteiger partial charge in [-0.15, -0.1) is 0 Å². The summed E-state index contributed by atoms with van der Waals surface area (Å²) >= 11 is 0. The number of nitrogens with two attached hydrogens (primary N) is 1. The molecular formula is C17H26N2O2. The van der Waals surface area contributed by atoms with Gasteiger partial charge in [-0.25, -0.2) is 0 Å². The highest BCUT2D eigenvalue weighted by Crippen LogP contribution is 2.30. The molecule has 2 rings (SSSR count). The molecule has 0 aliphatic carbocycles. The maximum absolute atomic E-state index is 12.6. The van der Waals surface area contributed by atoms with Crippen LogP contribution in [0.3, 0.4) is 0 Å². The molecule has 0 unspecified atom stereocenters. The van der Waals surface area contributed by atoms with E-state index >= 15 is 0 Å². The Kier molecular flexibility index (Phi) is 4.88. The molecule has 2 N–H and O–H groups in total. The number of piperidine rings is 1. The number of benzene rings is 1. The predicted molar refractivity (Wildman–Crippen MR) is 84.5 cm³/mol. The van der Waals surface area contributed by atoms with Crippen LogP contribution in [0.5, 0.6) is 5.75 Å². The topological polar surface area (TPSA) is 55.6 Å². The fourth-order valence-electron chi connectivity index (χ4n) is 2.61. The monoisotopic (exact) mass is 290 g/mol. The van der Waals surface area contributed by atoms with Crippen LogP contribution in [0, 0.1) is 5.41 Å². The van der Waals surface area contributed by atoms with Crippen molar-refractivity contribution < 1.29 is 9.53 Å². The van der Waals surface area contributed by atoms with Gasteiger partial charge in [0, 0.05) is 18.7 Å². The second-order valence-corrected chi connectivity index (χ2v) is 6.50. The number of carbonyl (C=O) groups is 1. The van der Waals surface area contributed by atoms with Gasteiger partial charge in [-0.1, -0.05) is 13.0 Å². The highest BCUT2D eigenvalue weighted by molar-refractivity contribution is 5.94. The fraction of sp³-hybridized carbons (Fsp3) is 0.588. The number of carbonyl (C=O) groups excluding carboxylic acids is 1. The molecule has 0 saturated carbocycles. The first kappa shape index (κ1) is 15.8. The van der Waals surface area contributed by atoms with Gasteiger partial charge in [0.1, 0.15) is 5.75 Å². The van der Waals surface area contributed by atoms with E-state index in [9.17, 15) is 4.79 Å². The predicted octanol–water partition coefficient (Wildman–Crippen LogP) is 2.67. The van der Waals surface area contributed by atoms with Crippen molar-refractivity contribution in [2.24, 2.45) is 11.1 Å². The van der Waals surface area contributed by atoms with Crippen molar-refractivity contribution >= 4 is 5.91 Å². The summed E-state index contributed by atoms with van der Waals surface area (Å²) < 4.78 is 5.66. The molecule has 4 nitrogen and oxygen atoms in total. The van der Waals surface area contributed by atoms with E-state index in [4.69, 9.17) is 10.5 Å². The van der Waals surface area contributed by atoms with Gasteiger partial charge >= 0.3 is 0 Å². The minimum atomic E-state index is 0.0864. The third-order valence-corrected chi connectivity index (χ3v) is 4.20. The third-order valence-electron chi connectivity index (χ3n) is 4.20. The third kappa shape index (κ3) is 3.97. The van der Waals surface area contributed by atoms with E-state index < -0.39 is 0 Å². The lowest BCUT2D eigenvalue weighted by Crippen LogP contribution is -2.44. The van der Waals surface area contributed by atoms with Gasteiger partial charge in [0.2, 0.25) is 0 Å². The SMILES string of the molecule is CC(C)Oc1cccc(C(=O)N2CCC(C)(CN)CC2)c1. The molecule has 116 valence electrons. The molecule has 0 aromatic heterocycles. The van der Waals surface area contributed by atoms with E-state index in [0.717, 1.165) is 31.7 Å². The van der Waals surface area contributed by atoms with Gasteiger partial charge in [-0.2, -0.15) is 0 Å². The van der Waals surface area contributed by atoms with Crippen LogP contribution in [0.15, 0.2) is 24.3 Å². The van der Waals surface area contributed by atoms with E-state index in [0.29, 0.717) is 12.1 Å². The standard InChI is InChI=1S/C17H26N2O2/c1-13(2)21-15-6-4-5-14(11-15)16(20)19-9-7-17(3,12-18)8-10-19/h4-6,11,13H,7-10,12,18H2,1-3H3. The van der Waals surface area contributed by atoms with Crippen molar-refractivity contribution in [3.63, 3.8) is 0 Å². The molecule has 1 aliphatic heterocycles. The van der Waals surface area contributed by atoms with Gasteiger partial charge in [0.15, 0.2) is 0 Å². The number of nitrogens with zero attached hydrogens (tertiary/aromatic N) is 1. The number of amides is 1. The Labute approximate surface area is 127 Å². The van der Waals surface area contributed by atoms with E-state index in [-0.39, 0.29) is 17.4 Å². The Morgan fingerprint density at radius 3 is 2.62 bits per heavy atom. The zero-order valence-electron chi connectivity index (χ0n) is 13.3.